The molecule has 2 rings (SSSR count). The van der Waals surface area contributed by atoms with Gasteiger partial charge >= 0.3 is 0 Å². The fourth-order valence-corrected chi connectivity index (χ4v) is 1.86. The summed E-state index contributed by atoms with van der Waals surface area (Å²) in [5.41, 5.74) is 2.17. The van der Waals surface area contributed by atoms with Crippen molar-refractivity contribution < 1.29 is 0 Å². The normalized spacial score (nSPS) is 10.4. The molecule has 82 valence electrons. The van der Waals surface area contributed by atoms with Crippen LogP contribution in [0.4, 0.5) is 0 Å². The van der Waals surface area contributed by atoms with E-state index in [9.17, 15) is 0 Å². The molecule has 0 aliphatic rings. The summed E-state index contributed by atoms with van der Waals surface area (Å²) in [4.78, 5) is 11.5. The van der Waals surface area contributed by atoms with E-state index in [2.05, 4.69) is 30.9 Å². The van der Waals surface area contributed by atoms with Crippen molar-refractivity contribution in [3.63, 3.8) is 0 Å². The second kappa shape index (κ2) is 4.84. The molecule has 0 atom stereocenters. The highest BCUT2D eigenvalue weighted by molar-refractivity contribution is 9.10. The molecule has 2 heterocycles. The summed E-state index contributed by atoms with van der Waals surface area (Å²) in [6.45, 7) is 1.97. The van der Waals surface area contributed by atoms with E-state index in [0.29, 0.717) is 4.64 Å². The van der Waals surface area contributed by atoms with Gasteiger partial charge < -0.3 is 4.98 Å². The first-order chi connectivity index (χ1) is 7.66. The third-order valence-corrected chi connectivity index (χ3v) is 3.73. The minimum atomic E-state index is 0.598. The van der Waals surface area contributed by atoms with Crippen molar-refractivity contribution in [3.8, 4) is 0 Å². The lowest BCUT2D eigenvalue weighted by Gasteiger charge is -2.04. The summed E-state index contributed by atoms with van der Waals surface area (Å²) in [7, 11) is 0. The molecule has 0 spiro atoms. The lowest BCUT2D eigenvalue weighted by Crippen LogP contribution is -2.00. The number of aromatic nitrogens is 3. The van der Waals surface area contributed by atoms with Crippen LogP contribution in [0, 0.1) is 11.6 Å². The highest BCUT2D eigenvalue weighted by Gasteiger charge is 2.03. The molecule has 0 unspecified atom stereocenters. The van der Waals surface area contributed by atoms with Crippen LogP contribution in [0.1, 0.15) is 17.1 Å². The lowest BCUT2D eigenvalue weighted by atomic mass is 10.2. The van der Waals surface area contributed by atoms with Crippen LogP contribution in [0.15, 0.2) is 29.0 Å². The third-order valence-electron chi connectivity index (χ3n) is 2.21. The summed E-state index contributed by atoms with van der Waals surface area (Å²) in [6.07, 6.45) is 4.28. The van der Waals surface area contributed by atoms with Gasteiger partial charge in [0.15, 0.2) is 0 Å². The van der Waals surface area contributed by atoms with Gasteiger partial charge in [-0.05, 0) is 40.5 Å². The maximum atomic E-state index is 5.15. The average Bonchev–Trinajstić information content (AvgIpc) is 2.27. The van der Waals surface area contributed by atoms with Crippen LogP contribution in [-0.4, -0.2) is 15.0 Å². The number of rotatable bonds is 2. The number of halogens is 1. The monoisotopic (exact) mass is 295 g/mol. The second-order valence-corrected chi connectivity index (χ2v) is 4.64. The number of nitrogens with zero attached hydrogens (tertiary/aromatic N) is 2. The highest BCUT2D eigenvalue weighted by atomic mass is 79.9. The molecule has 0 aliphatic carbocycles. The van der Waals surface area contributed by atoms with E-state index < -0.39 is 0 Å². The zero-order valence-electron chi connectivity index (χ0n) is 8.70. The van der Waals surface area contributed by atoms with E-state index in [-0.39, 0.29) is 0 Å². The van der Waals surface area contributed by atoms with Crippen molar-refractivity contribution in [2.45, 2.75) is 13.3 Å². The van der Waals surface area contributed by atoms with Crippen LogP contribution >= 0.6 is 28.1 Å². The smallest absolute Gasteiger partial charge is 0.144 e. The van der Waals surface area contributed by atoms with Crippen LogP contribution in [0.25, 0.3) is 0 Å². The van der Waals surface area contributed by atoms with Crippen molar-refractivity contribution in [3.05, 3.63) is 50.7 Å². The molecule has 5 heteroatoms. The van der Waals surface area contributed by atoms with Gasteiger partial charge in [-0.1, -0.05) is 12.2 Å². The Morgan fingerprint density at radius 3 is 2.69 bits per heavy atom. The van der Waals surface area contributed by atoms with Crippen molar-refractivity contribution in [1.29, 1.82) is 0 Å². The van der Waals surface area contributed by atoms with Crippen molar-refractivity contribution in [1.82, 2.24) is 15.0 Å². The SMILES string of the molecule is Cc1[nH]c(Cc2ccncc2)nc(=S)c1Br. The van der Waals surface area contributed by atoms with Crippen molar-refractivity contribution >= 4 is 28.1 Å². The highest BCUT2D eigenvalue weighted by Crippen LogP contribution is 2.15. The number of H-pyrrole nitrogens is 1. The quantitative estimate of drug-likeness (QED) is 0.865. The molecule has 16 heavy (non-hydrogen) atoms. The standard InChI is InChI=1S/C11H10BrN3S/c1-7-10(12)11(16)15-9(14-7)6-8-2-4-13-5-3-8/h2-5H,6H2,1H3,(H,14,15,16). The largest absolute Gasteiger partial charge is 0.346 e. The van der Waals surface area contributed by atoms with Gasteiger partial charge in [-0.2, -0.15) is 0 Å². The summed E-state index contributed by atoms with van der Waals surface area (Å²) in [5.74, 6) is 0.872. The molecule has 0 aliphatic heterocycles. The maximum Gasteiger partial charge on any atom is 0.144 e. The number of hydrogen-bond donors (Lipinski definition) is 1. The maximum absolute atomic E-state index is 5.15. The molecule has 0 aromatic carbocycles. The third kappa shape index (κ3) is 2.54. The van der Waals surface area contributed by atoms with E-state index in [0.717, 1.165) is 28.0 Å². The zero-order chi connectivity index (χ0) is 11.5. The second-order valence-electron chi connectivity index (χ2n) is 3.46. The first kappa shape index (κ1) is 11.4. The van der Waals surface area contributed by atoms with Crippen LogP contribution in [0.2, 0.25) is 0 Å². The molecule has 0 amide bonds. The number of aryl methyl sites for hydroxylation is 1. The Balaban J connectivity index is 2.33. The molecule has 0 bridgehead atoms. The first-order valence-corrected chi connectivity index (χ1v) is 6.01. The Hall–Kier alpha value is -1.07. The van der Waals surface area contributed by atoms with Gasteiger partial charge in [-0.15, -0.1) is 0 Å². The molecule has 0 saturated carbocycles. The predicted octanol–water partition coefficient (Wildman–Crippen LogP) is 3.20. The van der Waals surface area contributed by atoms with Gasteiger partial charge in [0.25, 0.3) is 0 Å². The summed E-state index contributed by atoms with van der Waals surface area (Å²) < 4.78 is 1.46. The summed E-state index contributed by atoms with van der Waals surface area (Å²) in [5, 5.41) is 0. The van der Waals surface area contributed by atoms with Crippen molar-refractivity contribution in [2.24, 2.45) is 0 Å². The Labute approximate surface area is 107 Å². The lowest BCUT2D eigenvalue weighted by molar-refractivity contribution is 0.924. The van der Waals surface area contributed by atoms with Gasteiger partial charge in [-0.3, -0.25) is 4.98 Å². The number of hydrogen-bond acceptors (Lipinski definition) is 3. The molecular weight excluding hydrogens is 286 g/mol. The van der Waals surface area contributed by atoms with Gasteiger partial charge in [0.2, 0.25) is 0 Å². The van der Waals surface area contributed by atoms with Gasteiger partial charge in [-0.25, -0.2) is 4.98 Å². The Kier molecular flexibility index (Phi) is 3.46. The molecule has 1 N–H and O–H groups in total. The van der Waals surface area contributed by atoms with E-state index >= 15 is 0 Å². The first-order valence-electron chi connectivity index (χ1n) is 4.81. The van der Waals surface area contributed by atoms with Gasteiger partial charge in [0, 0.05) is 24.5 Å². The average molecular weight is 296 g/mol. The van der Waals surface area contributed by atoms with E-state index in [1.165, 1.54) is 0 Å². The minimum Gasteiger partial charge on any atom is -0.346 e. The molecular formula is C11H10BrN3S. The van der Waals surface area contributed by atoms with E-state index in [1.807, 2.05) is 19.1 Å². The van der Waals surface area contributed by atoms with Crippen LogP contribution in [-0.2, 0) is 6.42 Å². The van der Waals surface area contributed by atoms with Crippen molar-refractivity contribution in [2.75, 3.05) is 0 Å². The van der Waals surface area contributed by atoms with Gasteiger partial charge in [0.05, 0.1) is 4.47 Å². The Bertz CT molecular complexity index is 551. The Morgan fingerprint density at radius 2 is 2.06 bits per heavy atom. The molecule has 0 fully saturated rings. The molecule has 2 aromatic rings. The fourth-order valence-electron chi connectivity index (χ4n) is 1.41. The van der Waals surface area contributed by atoms with E-state index in [1.54, 1.807) is 12.4 Å². The zero-order valence-corrected chi connectivity index (χ0v) is 11.1. The Morgan fingerprint density at radius 1 is 1.38 bits per heavy atom. The number of aromatic amines is 1. The van der Waals surface area contributed by atoms with Crippen LogP contribution < -0.4 is 0 Å². The molecule has 0 saturated heterocycles. The van der Waals surface area contributed by atoms with E-state index in [4.69, 9.17) is 12.2 Å². The van der Waals surface area contributed by atoms with Crippen LogP contribution in [0.3, 0.4) is 0 Å². The van der Waals surface area contributed by atoms with Gasteiger partial charge in [0.1, 0.15) is 10.5 Å². The predicted molar refractivity (Wildman–Crippen MR) is 68.9 cm³/mol. The topological polar surface area (TPSA) is 41.6 Å². The summed E-state index contributed by atoms with van der Waals surface area (Å²) in [6, 6.07) is 3.94. The summed E-state index contributed by atoms with van der Waals surface area (Å²) >= 11 is 8.54. The molecule has 3 nitrogen and oxygen atoms in total. The number of nitrogens with one attached hydrogen (secondary N) is 1. The minimum absolute atomic E-state index is 0.598. The molecule has 0 radical (unpaired) electrons. The molecule has 2 aromatic heterocycles. The fraction of sp³-hybridized carbons (Fsp3) is 0.182. The van der Waals surface area contributed by atoms with Crippen LogP contribution in [0.5, 0.6) is 0 Å². The number of pyridine rings is 1.